The molecule has 0 bridgehead atoms. The number of halogens is 2. The minimum atomic E-state index is -0.560. The van der Waals surface area contributed by atoms with Gasteiger partial charge in [0.25, 0.3) is 0 Å². The molecule has 1 aliphatic heterocycles. The van der Waals surface area contributed by atoms with E-state index >= 15 is 0 Å². The number of rotatable bonds is 2. The van der Waals surface area contributed by atoms with Gasteiger partial charge in [-0.05, 0) is 36.8 Å². The van der Waals surface area contributed by atoms with Gasteiger partial charge in [0.05, 0.1) is 0 Å². The molecule has 0 amide bonds. The van der Waals surface area contributed by atoms with Crippen molar-refractivity contribution in [3.63, 3.8) is 0 Å². The molecule has 1 aromatic rings. The van der Waals surface area contributed by atoms with E-state index < -0.39 is 11.6 Å². The zero-order valence-corrected chi connectivity index (χ0v) is 10.9. The maximum atomic E-state index is 13.8. The van der Waals surface area contributed by atoms with Crippen molar-refractivity contribution in [1.82, 2.24) is 0 Å². The Morgan fingerprint density at radius 3 is 2.11 bits per heavy atom. The number of piperidine rings is 1. The van der Waals surface area contributed by atoms with Crippen LogP contribution in [0.4, 0.5) is 20.2 Å². The van der Waals surface area contributed by atoms with Crippen LogP contribution in [-0.4, -0.2) is 13.1 Å². The first-order valence-corrected chi connectivity index (χ1v) is 6.48. The maximum absolute atomic E-state index is 13.8. The summed E-state index contributed by atoms with van der Waals surface area (Å²) in [6, 6.07) is 2.37. The maximum Gasteiger partial charge on any atom is 0.151 e. The van der Waals surface area contributed by atoms with E-state index in [0.717, 1.165) is 12.8 Å². The van der Waals surface area contributed by atoms with Crippen LogP contribution < -0.4 is 10.6 Å². The zero-order valence-electron chi connectivity index (χ0n) is 10.9. The van der Waals surface area contributed by atoms with Gasteiger partial charge in [-0.25, -0.2) is 8.78 Å². The summed E-state index contributed by atoms with van der Waals surface area (Å²) >= 11 is 0. The number of nitrogens with zero attached hydrogens (tertiary/aromatic N) is 1. The molecule has 18 heavy (non-hydrogen) atoms. The lowest BCUT2D eigenvalue weighted by Crippen LogP contribution is -2.36. The highest BCUT2D eigenvalue weighted by Crippen LogP contribution is 2.31. The molecular weight excluding hydrogens is 234 g/mol. The molecule has 0 radical (unpaired) electrons. The number of hydrogen-bond donors (Lipinski definition) is 1. The second-order valence-electron chi connectivity index (χ2n) is 5.40. The Morgan fingerprint density at radius 1 is 1.17 bits per heavy atom. The Balaban J connectivity index is 2.15. The van der Waals surface area contributed by atoms with E-state index in [4.69, 9.17) is 5.73 Å². The average Bonchev–Trinajstić information content (AvgIpc) is 2.28. The fraction of sp³-hybridized carbons (Fsp3) is 0.571. The largest absolute Gasteiger partial charge is 0.399 e. The van der Waals surface area contributed by atoms with Crippen LogP contribution in [0.5, 0.6) is 0 Å². The molecule has 0 atom stereocenters. The van der Waals surface area contributed by atoms with E-state index in [2.05, 4.69) is 13.8 Å². The van der Waals surface area contributed by atoms with Gasteiger partial charge in [0.15, 0.2) is 11.6 Å². The van der Waals surface area contributed by atoms with Crippen molar-refractivity contribution < 1.29 is 8.78 Å². The lowest BCUT2D eigenvalue weighted by atomic mass is 9.86. The van der Waals surface area contributed by atoms with E-state index in [1.165, 1.54) is 12.1 Å². The van der Waals surface area contributed by atoms with Crippen molar-refractivity contribution in [3.8, 4) is 0 Å². The lowest BCUT2D eigenvalue weighted by molar-refractivity contribution is 0.309. The van der Waals surface area contributed by atoms with Crippen molar-refractivity contribution in [1.29, 1.82) is 0 Å². The van der Waals surface area contributed by atoms with Crippen molar-refractivity contribution in [2.45, 2.75) is 26.7 Å². The van der Waals surface area contributed by atoms with Crippen molar-refractivity contribution in [2.24, 2.45) is 11.8 Å². The normalized spacial score (nSPS) is 17.5. The minimum absolute atomic E-state index is 0.0754. The van der Waals surface area contributed by atoms with Gasteiger partial charge in [-0.15, -0.1) is 0 Å². The number of nitrogen functional groups attached to an aromatic ring is 1. The third kappa shape index (κ3) is 2.57. The predicted molar refractivity (Wildman–Crippen MR) is 70.5 cm³/mol. The summed E-state index contributed by atoms with van der Waals surface area (Å²) in [7, 11) is 0. The molecule has 1 heterocycles. The Labute approximate surface area is 107 Å². The molecule has 0 spiro atoms. The van der Waals surface area contributed by atoms with Gasteiger partial charge in [0.1, 0.15) is 5.69 Å². The van der Waals surface area contributed by atoms with Crippen LogP contribution in [0.25, 0.3) is 0 Å². The molecule has 2 nitrogen and oxygen atoms in total. The number of hydrogen-bond acceptors (Lipinski definition) is 2. The van der Waals surface area contributed by atoms with Crippen LogP contribution in [0, 0.1) is 23.5 Å². The summed E-state index contributed by atoms with van der Waals surface area (Å²) in [5, 5.41) is 0. The molecule has 1 aromatic carbocycles. The highest BCUT2D eigenvalue weighted by atomic mass is 19.1. The first-order valence-electron chi connectivity index (χ1n) is 6.48. The molecule has 4 heteroatoms. The third-order valence-electron chi connectivity index (χ3n) is 3.84. The smallest absolute Gasteiger partial charge is 0.151 e. The summed E-state index contributed by atoms with van der Waals surface area (Å²) < 4.78 is 27.6. The summed E-state index contributed by atoms with van der Waals surface area (Å²) in [6.07, 6.45) is 1.97. The molecule has 0 saturated carbocycles. The van der Waals surface area contributed by atoms with Crippen LogP contribution in [-0.2, 0) is 0 Å². The van der Waals surface area contributed by atoms with Crippen molar-refractivity contribution in [3.05, 3.63) is 23.8 Å². The van der Waals surface area contributed by atoms with E-state index in [0.29, 0.717) is 24.9 Å². The second kappa shape index (κ2) is 5.12. The summed E-state index contributed by atoms with van der Waals surface area (Å²) in [4.78, 5) is 1.79. The quantitative estimate of drug-likeness (QED) is 0.819. The molecule has 0 unspecified atom stereocenters. The van der Waals surface area contributed by atoms with Gasteiger partial charge in [-0.3, -0.25) is 0 Å². The van der Waals surface area contributed by atoms with E-state index in [9.17, 15) is 8.78 Å². The van der Waals surface area contributed by atoms with Gasteiger partial charge in [0, 0.05) is 18.8 Å². The van der Waals surface area contributed by atoms with Gasteiger partial charge in [-0.1, -0.05) is 13.8 Å². The number of benzene rings is 1. The molecule has 100 valence electrons. The topological polar surface area (TPSA) is 29.3 Å². The molecular formula is C14H20F2N2. The number of nitrogens with two attached hydrogens (primary N) is 1. The molecule has 2 N–H and O–H groups in total. The Morgan fingerprint density at radius 2 is 1.67 bits per heavy atom. The van der Waals surface area contributed by atoms with Crippen LogP contribution in [0.3, 0.4) is 0 Å². The predicted octanol–water partition coefficient (Wildman–Crippen LogP) is 3.42. The zero-order chi connectivity index (χ0) is 13.3. The lowest BCUT2D eigenvalue weighted by Gasteiger charge is -2.35. The molecule has 2 rings (SSSR count). The Bertz CT molecular complexity index is 401. The fourth-order valence-electron chi connectivity index (χ4n) is 2.68. The molecule has 1 aliphatic rings. The van der Waals surface area contributed by atoms with Crippen LogP contribution in [0.2, 0.25) is 0 Å². The summed E-state index contributed by atoms with van der Waals surface area (Å²) in [5.74, 6) is 0.167. The SMILES string of the molecule is CC(C)C1CCN(c2c(F)cc(N)cc2F)CC1. The highest BCUT2D eigenvalue weighted by molar-refractivity contribution is 5.56. The minimum Gasteiger partial charge on any atom is -0.399 e. The van der Waals surface area contributed by atoms with Gasteiger partial charge < -0.3 is 10.6 Å². The first-order chi connectivity index (χ1) is 8.49. The van der Waals surface area contributed by atoms with Crippen LogP contribution >= 0.6 is 0 Å². The molecule has 0 aromatic heterocycles. The summed E-state index contributed by atoms with van der Waals surface area (Å²) in [6.45, 7) is 5.82. The summed E-state index contributed by atoms with van der Waals surface area (Å²) in [5.41, 5.74) is 5.63. The molecule has 1 fully saturated rings. The van der Waals surface area contributed by atoms with Gasteiger partial charge in [0.2, 0.25) is 0 Å². The van der Waals surface area contributed by atoms with Crippen LogP contribution in [0.15, 0.2) is 12.1 Å². The van der Waals surface area contributed by atoms with Gasteiger partial charge >= 0.3 is 0 Å². The van der Waals surface area contributed by atoms with E-state index in [1.54, 1.807) is 4.90 Å². The van der Waals surface area contributed by atoms with Crippen LogP contribution in [0.1, 0.15) is 26.7 Å². The monoisotopic (exact) mass is 254 g/mol. The Kier molecular flexibility index (Phi) is 3.73. The third-order valence-corrected chi connectivity index (χ3v) is 3.84. The van der Waals surface area contributed by atoms with Crippen molar-refractivity contribution in [2.75, 3.05) is 23.7 Å². The first kappa shape index (κ1) is 13.1. The number of anilines is 2. The second-order valence-corrected chi connectivity index (χ2v) is 5.40. The van der Waals surface area contributed by atoms with Gasteiger partial charge in [-0.2, -0.15) is 0 Å². The molecule has 1 saturated heterocycles. The average molecular weight is 254 g/mol. The Hall–Kier alpha value is -1.32. The van der Waals surface area contributed by atoms with E-state index in [-0.39, 0.29) is 11.4 Å². The van der Waals surface area contributed by atoms with Crippen molar-refractivity contribution >= 4 is 11.4 Å². The standard InChI is InChI=1S/C14H20F2N2/c1-9(2)10-3-5-18(6-4-10)14-12(15)7-11(17)8-13(14)16/h7-10H,3-6,17H2,1-2H3. The highest BCUT2D eigenvalue weighted by Gasteiger charge is 2.25. The fourth-order valence-corrected chi connectivity index (χ4v) is 2.68. The molecule has 0 aliphatic carbocycles. The van der Waals surface area contributed by atoms with E-state index in [1.807, 2.05) is 0 Å².